The number of hydrogen-bond donors (Lipinski definition) is 3. The predicted molar refractivity (Wildman–Crippen MR) is 112 cm³/mol. The molecule has 3 N–H and O–H groups in total. The number of nitrogens with zero attached hydrogens (tertiary/aromatic N) is 1. The van der Waals surface area contributed by atoms with Crippen molar-refractivity contribution >= 4 is 43.3 Å². The average molecular weight is 364 g/mol. The van der Waals surface area contributed by atoms with Crippen LogP contribution in [0.3, 0.4) is 0 Å². The number of rotatable bonds is 5. The first-order valence-electron chi connectivity index (χ1n) is 8.24. The van der Waals surface area contributed by atoms with Gasteiger partial charge in [0.15, 0.2) is 0 Å². The fourth-order valence-corrected chi connectivity index (χ4v) is 2.75. The molecular formula is C20H21N4OP. The molecule has 3 rings (SSSR count). The zero-order chi connectivity index (χ0) is 18.5. The van der Waals surface area contributed by atoms with Crippen molar-refractivity contribution in [2.45, 2.75) is 6.92 Å². The van der Waals surface area contributed by atoms with E-state index < -0.39 is 0 Å². The number of carbonyl (C=O) groups is 1. The first-order chi connectivity index (χ1) is 12.6. The van der Waals surface area contributed by atoms with Gasteiger partial charge >= 0.3 is 0 Å². The van der Waals surface area contributed by atoms with E-state index in [9.17, 15) is 4.79 Å². The lowest BCUT2D eigenvalue weighted by atomic mass is 10.1. The van der Waals surface area contributed by atoms with Crippen LogP contribution in [0.15, 0.2) is 60.8 Å². The SMILES string of the molecule is CNc1ccc(C)cc1NC(=O)c1cccnc1Nc1ccc(P)cc1. The molecule has 0 aliphatic heterocycles. The smallest absolute Gasteiger partial charge is 0.259 e. The Morgan fingerprint density at radius 3 is 2.54 bits per heavy atom. The highest BCUT2D eigenvalue weighted by atomic mass is 31.0. The van der Waals surface area contributed by atoms with E-state index in [2.05, 4.69) is 30.2 Å². The van der Waals surface area contributed by atoms with Gasteiger partial charge in [0, 0.05) is 18.9 Å². The Labute approximate surface area is 155 Å². The molecule has 1 atom stereocenters. The molecular weight excluding hydrogens is 343 g/mol. The summed E-state index contributed by atoms with van der Waals surface area (Å²) in [7, 11) is 4.47. The van der Waals surface area contributed by atoms with Crippen LogP contribution in [0, 0.1) is 6.92 Å². The van der Waals surface area contributed by atoms with Crippen LogP contribution in [0.25, 0.3) is 0 Å². The summed E-state index contributed by atoms with van der Waals surface area (Å²) in [5.41, 5.74) is 4.01. The fourth-order valence-electron chi connectivity index (χ4n) is 2.56. The number of anilines is 4. The highest BCUT2D eigenvalue weighted by molar-refractivity contribution is 7.27. The molecule has 3 aromatic rings. The van der Waals surface area contributed by atoms with Crippen molar-refractivity contribution < 1.29 is 4.79 Å². The van der Waals surface area contributed by atoms with Crippen molar-refractivity contribution in [1.82, 2.24) is 4.98 Å². The number of pyridine rings is 1. The Morgan fingerprint density at radius 1 is 1.04 bits per heavy atom. The molecule has 1 amide bonds. The summed E-state index contributed by atoms with van der Waals surface area (Å²) in [5, 5.41) is 10.4. The molecule has 0 spiro atoms. The van der Waals surface area contributed by atoms with Crippen molar-refractivity contribution in [3.63, 3.8) is 0 Å². The van der Waals surface area contributed by atoms with Crippen LogP contribution >= 0.6 is 9.24 Å². The molecule has 2 aromatic carbocycles. The standard InChI is InChI=1S/C20H21N4OP/c1-13-5-10-17(21-2)18(12-13)24-20(25)16-4-3-11-22-19(16)23-14-6-8-15(26)9-7-14/h3-12,21H,26H2,1-2H3,(H,22,23)(H,24,25). The molecule has 1 heterocycles. The molecule has 0 aliphatic carbocycles. The summed E-state index contributed by atoms with van der Waals surface area (Å²) in [5.74, 6) is 0.297. The maximum atomic E-state index is 12.8. The van der Waals surface area contributed by atoms with Gasteiger partial charge in [-0.05, 0) is 54.2 Å². The number of aromatic nitrogens is 1. The van der Waals surface area contributed by atoms with Gasteiger partial charge in [0.2, 0.25) is 0 Å². The van der Waals surface area contributed by atoms with Gasteiger partial charge in [-0.3, -0.25) is 4.79 Å². The average Bonchev–Trinajstić information content (AvgIpc) is 2.64. The second-order valence-corrected chi connectivity index (χ2v) is 6.57. The molecule has 0 bridgehead atoms. The number of carbonyl (C=O) groups excluding carboxylic acids is 1. The molecule has 26 heavy (non-hydrogen) atoms. The molecule has 1 aromatic heterocycles. The largest absolute Gasteiger partial charge is 0.386 e. The molecule has 0 fully saturated rings. The van der Waals surface area contributed by atoms with Gasteiger partial charge in [0.05, 0.1) is 16.9 Å². The third-order valence-electron chi connectivity index (χ3n) is 3.92. The second-order valence-electron chi connectivity index (χ2n) is 5.90. The summed E-state index contributed by atoms with van der Waals surface area (Å²) >= 11 is 0. The van der Waals surface area contributed by atoms with E-state index in [-0.39, 0.29) is 5.91 Å². The molecule has 5 nitrogen and oxygen atoms in total. The number of amides is 1. The van der Waals surface area contributed by atoms with Crippen LogP contribution in [0.1, 0.15) is 15.9 Å². The van der Waals surface area contributed by atoms with Crippen molar-refractivity contribution in [3.05, 3.63) is 71.9 Å². The van der Waals surface area contributed by atoms with E-state index in [4.69, 9.17) is 0 Å². The lowest BCUT2D eigenvalue weighted by molar-refractivity contribution is 0.102. The summed E-state index contributed by atoms with van der Waals surface area (Å²) in [6, 6.07) is 17.2. The Hall–Kier alpha value is -2.91. The van der Waals surface area contributed by atoms with Gasteiger partial charge in [-0.25, -0.2) is 4.98 Å². The molecule has 132 valence electrons. The first-order valence-corrected chi connectivity index (χ1v) is 8.82. The van der Waals surface area contributed by atoms with E-state index in [1.54, 1.807) is 18.3 Å². The van der Waals surface area contributed by atoms with E-state index in [0.29, 0.717) is 11.4 Å². The summed E-state index contributed by atoms with van der Waals surface area (Å²) in [6.07, 6.45) is 1.66. The Balaban J connectivity index is 1.86. The number of aryl methyl sites for hydroxylation is 1. The quantitative estimate of drug-likeness (QED) is 0.600. The molecule has 0 radical (unpaired) electrons. The normalized spacial score (nSPS) is 10.3. The van der Waals surface area contributed by atoms with Crippen molar-refractivity contribution in [1.29, 1.82) is 0 Å². The van der Waals surface area contributed by atoms with Gasteiger partial charge in [-0.15, -0.1) is 9.24 Å². The van der Waals surface area contributed by atoms with Crippen molar-refractivity contribution in [3.8, 4) is 0 Å². The van der Waals surface area contributed by atoms with Gasteiger partial charge in [-0.1, -0.05) is 18.2 Å². The lowest BCUT2D eigenvalue weighted by Crippen LogP contribution is -2.15. The number of benzene rings is 2. The number of nitrogens with one attached hydrogen (secondary N) is 3. The van der Waals surface area contributed by atoms with Gasteiger partial charge in [0.25, 0.3) is 5.91 Å². The Kier molecular flexibility index (Phi) is 5.49. The topological polar surface area (TPSA) is 66.0 Å². The van der Waals surface area contributed by atoms with Crippen LogP contribution in [0.5, 0.6) is 0 Å². The van der Waals surface area contributed by atoms with Crippen molar-refractivity contribution in [2.75, 3.05) is 23.0 Å². The zero-order valence-corrected chi connectivity index (χ0v) is 15.9. The lowest BCUT2D eigenvalue weighted by Gasteiger charge is -2.14. The third kappa shape index (κ3) is 4.19. The first kappa shape index (κ1) is 17.9. The molecule has 0 aliphatic rings. The van der Waals surface area contributed by atoms with Crippen LogP contribution in [0.4, 0.5) is 22.9 Å². The zero-order valence-electron chi connectivity index (χ0n) is 14.7. The van der Waals surface area contributed by atoms with Crippen LogP contribution in [-0.2, 0) is 0 Å². The molecule has 0 saturated heterocycles. The molecule has 0 saturated carbocycles. The van der Waals surface area contributed by atoms with Gasteiger partial charge < -0.3 is 16.0 Å². The minimum Gasteiger partial charge on any atom is -0.386 e. The van der Waals surface area contributed by atoms with Crippen LogP contribution in [-0.4, -0.2) is 17.9 Å². The van der Waals surface area contributed by atoms with Gasteiger partial charge in [0.1, 0.15) is 5.82 Å². The van der Waals surface area contributed by atoms with E-state index in [1.807, 2.05) is 56.4 Å². The predicted octanol–water partition coefficient (Wildman–Crippen LogP) is 3.93. The fraction of sp³-hybridized carbons (Fsp3) is 0.100. The second kappa shape index (κ2) is 7.98. The minimum absolute atomic E-state index is 0.217. The van der Waals surface area contributed by atoms with Gasteiger partial charge in [-0.2, -0.15) is 0 Å². The highest BCUT2D eigenvalue weighted by Crippen LogP contribution is 2.25. The summed E-state index contributed by atoms with van der Waals surface area (Å²) < 4.78 is 0. The monoisotopic (exact) mass is 364 g/mol. The van der Waals surface area contributed by atoms with Crippen LogP contribution < -0.4 is 21.3 Å². The molecule has 1 unspecified atom stereocenters. The van der Waals surface area contributed by atoms with E-state index >= 15 is 0 Å². The van der Waals surface area contributed by atoms with Crippen molar-refractivity contribution in [2.24, 2.45) is 0 Å². The minimum atomic E-state index is -0.217. The highest BCUT2D eigenvalue weighted by Gasteiger charge is 2.14. The summed E-state index contributed by atoms with van der Waals surface area (Å²) in [4.78, 5) is 17.2. The maximum Gasteiger partial charge on any atom is 0.259 e. The Morgan fingerprint density at radius 2 is 1.81 bits per heavy atom. The van der Waals surface area contributed by atoms with Crippen LogP contribution in [0.2, 0.25) is 0 Å². The van der Waals surface area contributed by atoms with E-state index in [0.717, 1.165) is 27.9 Å². The molecule has 6 heteroatoms. The van der Waals surface area contributed by atoms with E-state index in [1.165, 1.54) is 0 Å². The third-order valence-corrected chi connectivity index (χ3v) is 4.30. The maximum absolute atomic E-state index is 12.8. The number of hydrogen-bond acceptors (Lipinski definition) is 4. The summed E-state index contributed by atoms with van der Waals surface area (Å²) in [6.45, 7) is 1.99. The Bertz CT molecular complexity index is 925.